The lowest BCUT2D eigenvalue weighted by atomic mass is 10.2. The van der Waals surface area contributed by atoms with Crippen LogP contribution >= 0.6 is 11.6 Å². The molecule has 5 rings (SSSR count). The summed E-state index contributed by atoms with van der Waals surface area (Å²) in [6, 6.07) is 1.99. The molecule has 0 bridgehead atoms. The number of nitrogens with zero attached hydrogens (tertiary/aromatic N) is 6. The Morgan fingerprint density at radius 1 is 1.27 bits per heavy atom. The highest BCUT2D eigenvalue weighted by Gasteiger charge is 2.53. The summed E-state index contributed by atoms with van der Waals surface area (Å²) in [7, 11) is 0. The van der Waals surface area contributed by atoms with E-state index in [4.69, 9.17) is 11.6 Å². The summed E-state index contributed by atoms with van der Waals surface area (Å²) >= 11 is 5.78. The Morgan fingerprint density at radius 3 is 2.92 bits per heavy atom. The lowest BCUT2D eigenvalue weighted by molar-refractivity contribution is 0.0657. The number of fused-ring (bicyclic) bond motifs is 1. The number of hydrogen-bond acceptors (Lipinski definition) is 6. The molecule has 1 saturated carbocycles. The maximum atomic E-state index is 12.9. The van der Waals surface area contributed by atoms with Crippen LogP contribution in [0.5, 0.6) is 0 Å². The van der Waals surface area contributed by atoms with E-state index < -0.39 is 0 Å². The first kappa shape index (κ1) is 15.6. The molecular formula is C16H17ClN8O. The molecule has 1 amide bonds. The van der Waals surface area contributed by atoms with E-state index in [-0.39, 0.29) is 22.6 Å². The van der Waals surface area contributed by atoms with Crippen molar-refractivity contribution >= 4 is 34.4 Å². The van der Waals surface area contributed by atoms with Crippen LogP contribution in [0, 0.1) is 0 Å². The minimum absolute atomic E-state index is 0.129. The number of amides is 1. The monoisotopic (exact) mass is 372 g/mol. The van der Waals surface area contributed by atoms with Gasteiger partial charge in [0.1, 0.15) is 17.8 Å². The molecule has 0 radical (unpaired) electrons. The molecule has 2 N–H and O–H groups in total. The maximum Gasteiger partial charge on any atom is 0.294 e. The highest BCUT2D eigenvalue weighted by molar-refractivity contribution is 6.28. The zero-order chi connectivity index (χ0) is 17.7. The van der Waals surface area contributed by atoms with Gasteiger partial charge in [0, 0.05) is 25.8 Å². The van der Waals surface area contributed by atoms with E-state index in [2.05, 4.69) is 35.0 Å². The molecule has 1 aliphatic heterocycles. The molecule has 3 aromatic heterocycles. The zero-order valence-electron chi connectivity index (χ0n) is 13.9. The minimum atomic E-state index is -0.186. The van der Waals surface area contributed by atoms with Crippen molar-refractivity contribution in [2.75, 3.05) is 24.5 Å². The fourth-order valence-electron chi connectivity index (χ4n) is 3.82. The highest BCUT2D eigenvalue weighted by Crippen LogP contribution is 2.45. The summed E-state index contributed by atoms with van der Waals surface area (Å²) in [4.78, 5) is 33.0. The molecule has 2 aliphatic rings. The SMILES string of the molecule is O=C(c1n[nH]c(Cl)n1)N1CCCN(c2ncnc3[nH]ccc23)CC12CC2. The Hall–Kier alpha value is -2.68. The number of rotatable bonds is 2. The third kappa shape index (κ3) is 2.42. The third-order valence-electron chi connectivity index (χ3n) is 5.22. The van der Waals surface area contributed by atoms with Crippen molar-refractivity contribution < 1.29 is 4.79 Å². The lowest BCUT2D eigenvalue weighted by Crippen LogP contribution is -2.47. The Labute approximate surface area is 153 Å². The van der Waals surface area contributed by atoms with Crippen LogP contribution in [-0.4, -0.2) is 66.1 Å². The van der Waals surface area contributed by atoms with Crippen molar-refractivity contribution in [3.8, 4) is 0 Å². The first-order valence-electron chi connectivity index (χ1n) is 8.59. The smallest absolute Gasteiger partial charge is 0.294 e. The average Bonchev–Trinajstić information content (AvgIpc) is 3.09. The molecule has 9 nitrogen and oxygen atoms in total. The predicted molar refractivity (Wildman–Crippen MR) is 95.1 cm³/mol. The summed E-state index contributed by atoms with van der Waals surface area (Å²) < 4.78 is 0. The number of aromatic amines is 2. The number of carbonyl (C=O) groups excluding carboxylic acids is 1. The van der Waals surface area contributed by atoms with Gasteiger partial charge in [-0.25, -0.2) is 15.1 Å². The molecule has 0 aromatic carbocycles. The molecule has 1 spiro atoms. The van der Waals surface area contributed by atoms with Crippen LogP contribution < -0.4 is 4.90 Å². The summed E-state index contributed by atoms with van der Waals surface area (Å²) in [6.07, 6.45) is 6.23. The zero-order valence-corrected chi connectivity index (χ0v) is 14.7. The Kier molecular flexibility index (Phi) is 3.39. The number of aromatic nitrogens is 6. The van der Waals surface area contributed by atoms with Crippen LogP contribution in [0.25, 0.3) is 11.0 Å². The molecule has 4 heterocycles. The van der Waals surface area contributed by atoms with Gasteiger partial charge < -0.3 is 14.8 Å². The van der Waals surface area contributed by atoms with Crippen LogP contribution in [-0.2, 0) is 0 Å². The van der Waals surface area contributed by atoms with Crippen molar-refractivity contribution in [2.24, 2.45) is 0 Å². The number of hydrogen-bond donors (Lipinski definition) is 2. The van der Waals surface area contributed by atoms with Crippen LogP contribution in [0.3, 0.4) is 0 Å². The van der Waals surface area contributed by atoms with Gasteiger partial charge in [0.05, 0.1) is 10.9 Å². The average molecular weight is 373 g/mol. The third-order valence-corrected chi connectivity index (χ3v) is 5.39. The van der Waals surface area contributed by atoms with E-state index in [0.717, 1.165) is 49.2 Å². The van der Waals surface area contributed by atoms with E-state index in [1.807, 2.05) is 17.2 Å². The van der Waals surface area contributed by atoms with E-state index in [1.165, 1.54) is 0 Å². The first-order chi connectivity index (χ1) is 12.7. The van der Waals surface area contributed by atoms with Crippen LogP contribution in [0.4, 0.5) is 5.82 Å². The maximum absolute atomic E-state index is 12.9. The van der Waals surface area contributed by atoms with Gasteiger partial charge in [0.25, 0.3) is 5.91 Å². The molecule has 1 saturated heterocycles. The summed E-state index contributed by atoms with van der Waals surface area (Å²) in [5.74, 6) is 0.879. The molecule has 2 fully saturated rings. The number of anilines is 1. The van der Waals surface area contributed by atoms with E-state index >= 15 is 0 Å². The summed E-state index contributed by atoms with van der Waals surface area (Å²) in [5, 5.41) is 7.59. The standard InChI is InChI=1S/C16H17ClN8O/c17-15-21-12(22-23-15)14(26)25-7-1-6-24(8-16(25)3-4-16)13-10-2-5-18-11(10)19-9-20-13/h2,5,9H,1,3-4,6-8H2,(H,18,19,20)(H,21,22,23). The van der Waals surface area contributed by atoms with Crippen molar-refractivity contribution in [3.63, 3.8) is 0 Å². The summed E-state index contributed by atoms with van der Waals surface area (Å²) in [6.45, 7) is 2.24. The molecule has 0 unspecified atom stereocenters. The van der Waals surface area contributed by atoms with Crippen molar-refractivity contribution in [2.45, 2.75) is 24.8 Å². The predicted octanol–water partition coefficient (Wildman–Crippen LogP) is 1.61. The molecule has 10 heteroatoms. The second kappa shape index (κ2) is 5.66. The molecule has 26 heavy (non-hydrogen) atoms. The number of carbonyl (C=O) groups is 1. The van der Waals surface area contributed by atoms with Gasteiger partial charge in [0.15, 0.2) is 0 Å². The quantitative estimate of drug-likeness (QED) is 0.707. The molecule has 134 valence electrons. The number of nitrogens with one attached hydrogen (secondary N) is 2. The van der Waals surface area contributed by atoms with E-state index in [0.29, 0.717) is 6.54 Å². The minimum Gasteiger partial charge on any atom is -0.354 e. The topological polar surface area (TPSA) is 107 Å². The molecule has 3 aromatic rings. The van der Waals surface area contributed by atoms with Gasteiger partial charge in [0.2, 0.25) is 11.1 Å². The second-order valence-corrected chi connectivity index (χ2v) is 7.20. The van der Waals surface area contributed by atoms with Gasteiger partial charge >= 0.3 is 0 Å². The lowest BCUT2D eigenvalue weighted by Gasteiger charge is -2.31. The Bertz CT molecular complexity index is 977. The van der Waals surface area contributed by atoms with Crippen LogP contribution in [0.15, 0.2) is 18.6 Å². The number of halogens is 1. The van der Waals surface area contributed by atoms with Gasteiger partial charge in [-0.15, -0.1) is 5.10 Å². The normalized spacial score (nSPS) is 19.1. The van der Waals surface area contributed by atoms with E-state index in [9.17, 15) is 4.79 Å². The molecular weight excluding hydrogens is 356 g/mol. The van der Waals surface area contributed by atoms with Gasteiger partial charge in [-0.3, -0.25) is 4.79 Å². The molecule has 0 atom stereocenters. The van der Waals surface area contributed by atoms with Crippen LogP contribution in [0.1, 0.15) is 29.9 Å². The Balaban J connectivity index is 1.46. The largest absolute Gasteiger partial charge is 0.354 e. The second-order valence-electron chi connectivity index (χ2n) is 6.84. The van der Waals surface area contributed by atoms with E-state index in [1.54, 1.807) is 6.33 Å². The van der Waals surface area contributed by atoms with Crippen molar-refractivity contribution in [3.05, 3.63) is 29.7 Å². The fourth-order valence-corrected chi connectivity index (χ4v) is 3.94. The molecule has 1 aliphatic carbocycles. The Morgan fingerprint density at radius 2 is 2.15 bits per heavy atom. The van der Waals surface area contributed by atoms with Gasteiger partial charge in [-0.1, -0.05) is 0 Å². The van der Waals surface area contributed by atoms with Gasteiger partial charge in [-0.05, 0) is 36.9 Å². The highest BCUT2D eigenvalue weighted by atomic mass is 35.5. The van der Waals surface area contributed by atoms with Gasteiger partial charge in [-0.2, -0.15) is 4.98 Å². The number of H-pyrrole nitrogens is 2. The van der Waals surface area contributed by atoms with Crippen molar-refractivity contribution in [1.29, 1.82) is 0 Å². The van der Waals surface area contributed by atoms with Crippen molar-refractivity contribution in [1.82, 2.24) is 35.0 Å². The fraction of sp³-hybridized carbons (Fsp3) is 0.438. The summed E-state index contributed by atoms with van der Waals surface area (Å²) in [5.41, 5.74) is 0.640. The first-order valence-corrected chi connectivity index (χ1v) is 8.97. The van der Waals surface area contributed by atoms with Crippen LogP contribution in [0.2, 0.25) is 5.28 Å².